The number of rotatable bonds is 0. The van der Waals surface area contributed by atoms with E-state index >= 15 is 4.39 Å². The Balaban J connectivity index is 1.89. The smallest absolute Gasteiger partial charge is 0.198 e. The maximum Gasteiger partial charge on any atom is 0.198 e. The first-order valence-electron chi connectivity index (χ1n) is 10.9. The normalized spacial score (nSPS) is 12.1. The Kier molecular flexibility index (Phi) is 3.79. The lowest BCUT2D eigenvalue weighted by molar-refractivity contribution is 0.418. The van der Waals surface area contributed by atoms with E-state index < -0.39 is 23.3 Å². The molecule has 0 aliphatic rings. The third-order valence-corrected chi connectivity index (χ3v) is 6.89. The Morgan fingerprint density at radius 3 is 1.38 bits per heavy atom. The summed E-state index contributed by atoms with van der Waals surface area (Å²) in [6.07, 6.45) is 0. The molecule has 0 bridgehead atoms. The van der Waals surface area contributed by atoms with Crippen LogP contribution in [0, 0.1) is 23.3 Å². The fraction of sp³-hybridized carbons (Fsp3) is 0. The Bertz CT molecular complexity index is 1990. The fourth-order valence-corrected chi connectivity index (χ4v) is 5.38. The summed E-state index contributed by atoms with van der Waals surface area (Å²) < 4.78 is 58.6. The van der Waals surface area contributed by atoms with E-state index in [1.807, 2.05) is 60.7 Å². The van der Waals surface area contributed by atoms with Crippen LogP contribution >= 0.6 is 0 Å². The molecule has 0 saturated heterocycles. The first-order valence-corrected chi connectivity index (χ1v) is 10.9. The van der Waals surface area contributed by atoms with Gasteiger partial charge in [0.1, 0.15) is 0 Å². The standard InChI is InChI=1S/C30H14F4/c31-27-21-14-13-19-12-11-18-10-9-17-8-7-16-6-5-15-3-1-2-4-20(15)22(16)23(17)24(18)25(19)26(21)28(32)30(34)29(27)33/h1-14H. The zero-order valence-corrected chi connectivity index (χ0v) is 17.6. The lowest BCUT2D eigenvalue weighted by Crippen LogP contribution is -1.99. The molecule has 0 aliphatic carbocycles. The van der Waals surface area contributed by atoms with Crippen molar-refractivity contribution in [1.29, 1.82) is 0 Å². The molecule has 0 amide bonds. The molecule has 162 valence electrons. The van der Waals surface area contributed by atoms with Crippen molar-refractivity contribution in [2.24, 2.45) is 0 Å². The summed E-state index contributed by atoms with van der Waals surface area (Å²) in [4.78, 5) is 0. The summed E-state index contributed by atoms with van der Waals surface area (Å²) in [6.45, 7) is 0. The zero-order valence-electron chi connectivity index (χ0n) is 17.6. The van der Waals surface area contributed by atoms with E-state index in [2.05, 4.69) is 6.07 Å². The van der Waals surface area contributed by atoms with Crippen LogP contribution in [0.5, 0.6) is 0 Å². The highest BCUT2D eigenvalue weighted by atomic mass is 19.2. The fourth-order valence-electron chi connectivity index (χ4n) is 5.38. The molecule has 4 heteroatoms. The molecule has 0 unspecified atom stereocenters. The number of fused-ring (bicyclic) bond motifs is 11. The molecule has 0 heterocycles. The summed E-state index contributed by atoms with van der Waals surface area (Å²) in [7, 11) is 0. The molecule has 0 saturated carbocycles. The number of halogens is 4. The maximum atomic E-state index is 15.3. The SMILES string of the molecule is Fc1c(F)c(F)c2c(ccc3ccc4ccc5ccc6ccc7ccccc7c6c5c4c32)c1F. The van der Waals surface area contributed by atoms with E-state index in [0.717, 1.165) is 37.7 Å². The second-order valence-electron chi connectivity index (χ2n) is 8.62. The van der Waals surface area contributed by atoms with Crippen molar-refractivity contribution < 1.29 is 17.6 Å². The molecule has 0 N–H and O–H groups in total. The summed E-state index contributed by atoms with van der Waals surface area (Å²) in [6, 6.07) is 26.7. The molecule has 7 aromatic rings. The number of hydrogen-bond acceptors (Lipinski definition) is 0. The number of benzene rings is 7. The van der Waals surface area contributed by atoms with Crippen LogP contribution in [0.2, 0.25) is 0 Å². The average Bonchev–Trinajstić information content (AvgIpc) is 2.88. The predicted octanol–water partition coefficient (Wildman–Crippen LogP) is 9.16. The van der Waals surface area contributed by atoms with Gasteiger partial charge in [-0.05, 0) is 48.5 Å². The summed E-state index contributed by atoms with van der Waals surface area (Å²) in [5, 5.41) is 7.80. The van der Waals surface area contributed by atoms with Gasteiger partial charge in [0, 0.05) is 16.2 Å². The predicted molar refractivity (Wildman–Crippen MR) is 131 cm³/mol. The van der Waals surface area contributed by atoms with E-state index in [9.17, 15) is 13.2 Å². The Morgan fingerprint density at radius 2 is 0.735 bits per heavy atom. The molecule has 0 radical (unpaired) electrons. The first-order chi connectivity index (χ1) is 16.5. The van der Waals surface area contributed by atoms with Gasteiger partial charge in [0.05, 0.1) is 0 Å². The molecular weight excluding hydrogens is 436 g/mol. The van der Waals surface area contributed by atoms with Crippen LogP contribution in [0.15, 0.2) is 84.9 Å². The van der Waals surface area contributed by atoms with Gasteiger partial charge in [0.15, 0.2) is 23.3 Å². The quantitative estimate of drug-likeness (QED) is 0.0935. The van der Waals surface area contributed by atoms with Gasteiger partial charge < -0.3 is 0 Å². The lowest BCUT2D eigenvalue weighted by atomic mass is 9.89. The van der Waals surface area contributed by atoms with Gasteiger partial charge in [0.25, 0.3) is 0 Å². The second kappa shape index (κ2) is 6.67. The summed E-state index contributed by atoms with van der Waals surface area (Å²) >= 11 is 0. The highest BCUT2D eigenvalue weighted by Gasteiger charge is 2.23. The van der Waals surface area contributed by atoms with E-state index in [1.54, 1.807) is 12.1 Å². The Labute approximate surface area is 190 Å². The van der Waals surface area contributed by atoms with Crippen LogP contribution in [0.25, 0.3) is 64.6 Å². The van der Waals surface area contributed by atoms with Gasteiger partial charge in [-0.1, -0.05) is 84.9 Å². The van der Waals surface area contributed by atoms with Crippen molar-refractivity contribution in [3.05, 3.63) is 108 Å². The van der Waals surface area contributed by atoms with Crippen LogP contribution in [0.3, 0.4) is 0 Å². The highest BCUT2D eigenvalue weighted by molar-refractivity contribution is 6.35. The summed E-state index contributed by atoms with van der Waals surface area (Å²) in [5.74, 6) is -6.37. The van der Waals surface area contributed by atoms with E-state index in [4.69, 9.17) is 0 Å². The van der Waals surface area contributed by atoms with Crippen molar-refractivity contribution in [1.82, 2.24) is 0 Å². The third kappa shape index (κ3) is 2.37. The number of hydrogen-bond donors (Lipinski definition) is 0. The van der Waals surface area contributed by atoms with Crippen LogP contribution in [0.4, 0.5) is 17.6 Å². The Morgan fingerprint density at radius 1 is 0.294 bits per heavy atom. The largest absolute Gasteiger partial charge is 0.203 e. The van der Waals surface area contributed by atoms with Crippen molar-refractivity contribution in [2.75, 3.05) is 0 Å². The van der Waals surface area contributed by atoms with Gasteiger partial charge in [-0.2, -0.15) is 0 Å². The van der Waals surface area contributed by atoms with Crippen molar-refractivity contribution in [3.63, 3.8) is 0 Å². The van der Waals surface area contributed by atoms with Crippen LogP contribution in [-0.4, -0.2) is 0 Å². The van der Waals surface area contributed by atoms with E-state index in [-0.39, 0.29) is 10.8 Å². The molecule has 0 atom stereocenters. The van der Waals surface area contributed by atoms with Gasteiger partial charge in [-0.15, -0.1) is 0 Å². The van der Waals surface area contributed by atoms with Gasteiger partial charge in [-0.25, -0.2) is 17.6 Å². The molecule has 0 spiro atoms. The van der Waals surface area contributed by atoms with Crippen LogP contribution < -0.4 is 0 Å². The minimum absolute atomic E-state index is 0.246. The van der Waals surface area contributed by atoms with Crippen molar-refractivity contribution in [2.45, 2.75) is 0 Å². The minimum Gasteiger partial charge on any atom is -0.203 e. The lowest BCUT2D eigenvalue weighted by Gasteiger charge is -2.15. The monoisotopic (exact) mass is 450 g/mol. The molecule has 0 aromatic heterocycles. The van der Waals surface area contributed by atoms with Crippen LogP contribution in [-0.2, 0) is 0 Å². The zero-order chi connectivity index (χ0) is 23.1. The second-order valence-corrected chi connectivity index (χ2v) is 8.62. The topological polar surface area (TPSA) is 0 Å². The van der Waals surface area contributed by atoms with Gasteiger partial charge in [-0.3, -0.25) is 0 Å². The minimum atomic E-state index is -1.80. The molecule has 0 fully saturated rings. The molecule has 34 heavy (non-hydrogen) atoms. The average molecular weight is 450 g/mol. The third-order valence-electron chi connectivity index (χ3n) is 6.89. The van der Waals surface area contributed by atoms with E-state index in [1.165, 1.54) is 6.07 Å². The first kappa shape index (κ1) is 19.3. The van der Waals surface area contributed by atoms with Crippen molar-refractivity contribution in [3.8, 4) is 0 Å². The molecule has 7 rings (SSSR count). The molecular formula is C30H14F4. The van der Waals surface area contributed by atoms with Crippen molar-refractivity contribution >= 4 is 64.6 Å². The molecule has 7 aromatic carbocycles. The Hall–Kier alpha value is -4.18. The molecule has 0 aliphatic heterocycles. The highest BCUT2D eigenvalue weighted by Crippen LogP contribution is 2.42. The maximum absolute atomic E-state index is 15.3. The molecule has 0 nitrogen and oxygen atoms in total. The van der Waals surface area contributed by atoms with E-state index in [0.29, 0.717) is 16.2 Å². The van der Waals surface area contributed by atoms with Gasteiger partial charge in [0.2, 0.25) is 0 Å². The van der Waals surface area contributed by atoms with Gasteiger partial charge >= 0.3 is 0 Å². The summed E-state index contributed by atoms with van der Waals surface area (Å²) in [5.41, 5.74) is 0. The van der Waals surface area contributed by atoms with Crippen LogP contribution in [0.1, 0.15) is 0 Å².